The van der Waals surface area contributed by atoms with Crippen LogP contribution < -0.4 is 25.3 Å². The predicted octanol–water partition coefficient (Wildman–Crippen LogP) is 4.87. The number of nitrogens with one attached hydrogen (secondary N) is 1. The highest BCUT2D eigenvalue weighted by Gasteiger charge is 2.44. The average molecular weight is 430 g/mol. The van der Waals surface area contributed by atoms with Gasteiger partial charge in [-0.05, 0) is 73.5 Å². The van der Waals surface area contributed by atoms with Crippen LogP contribution in [0.1, 0.15) is 46.4 Å². The van der Waals surface area contributed by atoms with Gasteiger partial charge in [0, 0.05) is 35.7 Å². The molecule has 2 aliphatic rings. The highest BCUT2D eigenvalue weighted by Crippen LogP contribution is 2.47. The Morgan fingerprint density at radius 3 is 2.03 bits per heavy atom. The Morgan fingerprint density at radius 2 is 1.41 bits per heavy atom. The first-order chi connectivity index (χ1) is 15.5. The Balaban J connectivity index is 1.22. The quantitative estimate of drug-likeness (QED) is 0.601. The van der Waals surface area contributed by atoms with Crippen molar-refractivity contribution in [3.8, 4) is 23.0 Å². The lowest BCUT2D eigenvalue weighted by atomic mass is 10.2. The van der Waals surface area contributed by atoms with Crippen molar-refractivity contribution in [2.24, 2.45) is 5.73 Å². The van der Waals surface area contributed by atoms with Crippen LogP contribution in [-0.2, 0) is 0 Å². The number of hydrogen-bond donors (Lipinski definition) is 2. The molecule has 0 unspecified atom stereocenters. The molecule has 0 aromatic heterocycles. The van der Waals surface area contributed by atoms with Gasteiger partial charge in [0.15, 0.2) is 11.5 Å². The normalized spacial score (nSPS) is 15.5. The summed E-state index contributed by atoms with van der Waals surface area (Å²) in [5.41, 5.74) is 6.78. The summed E-state index contributed by atoms with van der Waals surface area (Å²) in [4.78, 5) is 23.8. The van der Waals surface area contributed by atoms with Gasteiger partial charge in [0.05, 0.1) is 0 Å². The summed E-state index contributed by atoms with van der Waals surface area (Å²) in [6, 6.07) is 18.7. The van der Waals surface area contributed by atoms with E-state index in [0.717, 1.165) is 31.4 Å². The van der Waals surface area contributed by atoms with E-state index in [2.05, 4.69) is 5.32 Å². The summed E-state index contributed by atoms with van der Waals surface area (Å²) in [6.45, 7) is 0. The summed E-state index contributed by atoms with van der Waals surface area (Å²) in [5, 5.41) is 2.89. The zero-order chi connectivity index (χ0) is 22.1. The monoisotopic (exact) mass is 430 g/mol. The number of amides is 2. The van der Waals surface area contributed by atoms with Crippen LogP contribution in [0.3, 0.4) is 0 Å². The number of hydrogen-bond acceptors (Lipinski definition) is 5. The molecule has 162 valence electrons. The minimum atomic E-state index is -0.527. The maximum Gasteiger partial charge on any atom is 0.255 e. The van der Waals surface area contributed by atoms with Gasteiger partial charge in [-0.2, -0.15) is 0 Å². The van der Waals surface area contributed by atoms with E-state index in [1.54, 1.807) is 60.7 Å². The van der Waals surface area contributed by atoms with Crippen LogP contribution in [0.2, 0.25) is 0 Å². The lowest BCUT2D eigenvalue weighted by Gasteiger charge is -2.21. The van der Waals surface area contributed by atoms with Gasteiger partial charge in [0.1, 0.15) is 11.5 Å². The predicted molar refractivity (Wildman–Crippen MR) is 118 cm³/mol. The first kappa shape index (κ1) is 19.9. The molecule has 0 saturated heterocycles. The van der Waals surface area contributed by atoms with Gasteiger partial charge in [-0.25, -0.2) is 0 Å². The zero-order valence-electron chi connectivity index (χ0n) is 17.3. The fraction of sp³-hybridized carbons (Fsp3) is 0.200. The third-order valence-corrected chi connectivity index (χ3v) is 5.65. The van der Waals surface area contributed by atoms with Crippen LogP contribution in [0.4, 0.5) is 5.69 Å². The number of rotatable bonds is 5. The maximum atomic E-state index is 12.7. The number of ether oxygens (including phenoxy) is 3. The molecule has 3 aromatic carbocycles. The Labute approximate surface area is 185 Å². The van der Waals surface area contributed by atoms with Crippen molar-refractivity contribution in [1.29, 1.82) is 0 Å². The number of carbonyl (C=O) groups excluding carboxylic acids is 2. The van der Waals surface area contributed by atoms with E-state index >= 15 is 0 Å². The molecule has 1 aliphatic carbocycles. The molecule has 3 N–H and O–H groups in total. The molecule has 1 spiro atoms. The zero-order valence-corrected chi connectivity index (χ0v) is 17.3. The van der Waals surface area contributed by atoms with Crippen molar-refractivity contribution < 1.29 is 23.8 Å². The topological polar surface area (TPSA) is 99.9 Å². The van der Waals surface area contributed by atoms with Gasteiger partial charge in [-0.3, -0.25) is 9.59 Å². The van der Waals surface area contributed by atoms with Crippen LogP contribution in [0, 0.1) is 0 Å². The summed E-state index contributed by atoms with van der Waals surface area (Å²) >= 11 is 0. The Kier molecular flexibility index (Phi) is 4.93. The molecule has 32 heavy (non-hydrogen) atoms. The molecule has 3 aromatic rings. The number of fused-ring (bicyclic) bond motifs is 1. The molecule has 0 atom stereocenters. The van der Waals surface area contributed by atoms with Crippen LogP contribution in [-0.4, -0.2) is 17.6 Å². The van der Waals surface area contributed by atoms with Crippen molar-refractivity contribution in [1.82, 2.24) is 0 Å². The Hall–Kier alpha value is -4.00. The lowest BCUT2D eigenvalue weighted by Crippen LogP contribution is -2.34. The van der Waals surface area contributed by atoms with E-state index < -0.39 is 11.7 Å². The van der Waals surface area contributed by atoms with Crippen molar-refractivity contribution in [3.05, 3.63) is 77.9 Å². The fourth-order valence-electron chi connectivity index (χ4n) is 3.99. The molecular formula is C25H22N2O5. The highest BCUT2D eigenvalue weighted by atomic mass is 16.7. The van der Waals surface area contributed by atoms with Gasteiger partial charge < -0.3 is 25.3 Å². The minimum absolute atomic E-state index is 0.239. The summed E-state index contributed by atoms with van der Waals surface area (Å²) in [6.07, 6.45) is 3.95. The van der Waals surface area contributed by atoms with Gasteiger partial charge in [-0.1, -0.05) is 0 Å². The SMILES string of the molecule is NC(=O)c1ccc(Oc2ccc(C(=O)Nc3ccc4c(c3)OC3(CCCC3)O4)cc2)cc1. The molecular weight excluding hydrogens is 408 g/mol. The standard InChI is InChI=1S/C25H22N2O5/c26-23(28)16-3-8-19(9-4-16)30-20-10-5-17(6-11-20)24(29)27-18-7-12-21-22(15-18)32-25(31-21)13-1-2-14-25/h3-12,15H,1-2,13-14H2,(H2,26,28)(H,27,29). The minimum Gasteiger partial charge on any atom is -0.457 e. The third-order valence-electron chi connectivity index (χ3n) is 5.65. The second-order valence-corrected chi connectivity index (χ2v) is 7.95. The molecule has 1 heterocycles. The van der Waals surface area contributed by atoms with E-state index in [0.29, 0.717) is 34.1 Å². The van der Waals surface area contributed by atoms with Crippen LogP contribution >= 0.6 is 0 Å². The summed E-state index contributed by atoms with van der Waals surface area (Å²) in [5.74, 6) is 1.25. The van der Waals surface area contributed by atoms with Crippen molar-refractivity contribution in [3.63, 3.8) is 0 Å². The maximum absolute atomic E-state index is 12.7. The first-order valence-corrected chi connectivity index (χ1v) is 10.5. The first-order valence-electron chi connectivity index (χ1n) is 10.5. The molecule has 1 aliphatic heterocycles. The average Bonchev–Trinajstić information content (AvgIpc) is 3.40. The Bertz CT molecular complexity index is 1170. The van der Waals surface area contributed by atoms with E-state index in [-0.39, 0.29) is 5.91 Å². The highest BCUT2D eigenvalue weighted by molar-refractivity contribution is 6.04. The van der Waals surface area contributed by atoms with E-state index in [4.69, 9.17) is 19.9 Å². The summed E-state index contributed by atoms with van der Waals surface area (Å²) < 4.78 is 17.8. The van der Waals surface area contributed by atoms with Gasteiger partial charge in [0.2, 0.25) is 5.91 Å². The number of benzene rings is 3. The number of nitrogens with two attached hydrogens (primary N) is 1. The summed E-state index contributed by atoms with van der Waals surface area (Å²) in [7, 11) is 0. The fourth-order valence-corrected chi connectivity index (χ4v) is 3.99. The molecule has 7 nitrogen and oxygen atoms in total. The number of primary amides is 1. The van der Waals surface area contributed by atoms with Crippen LogP contribution in [0.25, 0.3) is 0 Å². The van der Waals surface area contributed by atoms with Crippen molar-refractivity contribution in [2.75, 3.05) is 5.32 Å². The number of anilines is 1. The molecule has 1 fully saturated rings. The second kappa shape index (κ2) is 7.92. The van der Waals surface area contributed by atoms with Gasteiger partial charge in [-0.15, -0.1) is 0 Å². The lowest BCUT2D eigenvalue weighted by molar-refractivity contribution is -0.0716. The second-order valence-electron chi connectivity index (χ2n) is 7.95. The van der Waals surface area contributed by atoms with E-state index in [1.807, 2.05) is 6.07 Å². The molecule has 0 radical (unpaired) electrons. The molecule has 1 saturated carbocycles. The van der Waals surface area contributed by atoms with Crippen LogP contribution in [0.15, 0.2) is 66.7 Å². The molecule has 2 amide bonds. The molecule has 7 heteroatoms. The number of carbonyl (C=O) groups is 2. The largest absolute Gasteiger partial charge is 0.457 e. The molecule has 5 rings (SSSR count). The van der Waals surface area contributed by atoms with E-state index in [1.165, 1.54) is 0 Å². The smallest absolute Gasteiger partial charge is 0.255 e. The van der Waals surface area contributed by atoms with Crippen molar-refractivity contribution in [2.45, 2.75) is 31.5 Å². The third kappa shape index (κ3) is 3.97. The van der Waals surface area contributed by atoms with E-state index in [9.17, 15) is 9.59 Å². The van der Waals surface area contributed by atoms with Gasteiger partial charge >= 0.3 is 0 Å². The van der Waals surface area contributed by atoms with Crippen molar-refractivity contribution >= 4 is 17.5 Å². The molecule has 0 bridgehead atoms. The Morgan fingerprint density at radius 1 is 0.812 bits per heavy atom. The van der Waals surface area contributed by atoms with Crippen LogP contribution in [0.5, 0.6) is 23.0 Å². The van der Waals surface area contributed by atoms with Gasteiger partial charge in [0.25, 0.3) is 11.7 Å².